The molecule has 0 aliphatic rings. The summed E-state index contributed by atoms with van der Waals surface area (Å²) in [5.74, 6) is 0.846. The minimum atomic E-state index is -0.252. The number of nitrogens with two attached hydrogens (primary N) is 1. The number of rotatable bonds is 2. The number of benzene rings is 1. The summed E-state index contributed by atoms with van der Waals surface area (Å²) in [6, 6.07) is 8.33. The van der Waals surface area contributed by atoms with Gasteiger partial charge in [0.1, 0.15) is 22.3 Å². The number of thiophene rings is 1. The van der Waals surface area contributed by atoms with Crippen molar-refractivity contribution < 1.29 is 4.39 Å². The van der Waals surface area contributed by atoms with E-state index in [-0.39, 0.29) is 5.82 Å². The normalized spacial score (nSPS) is 10.9. The molecule has 2 aromatic heterocycles. The van der Waals surface area contributed by atoms with Crippen LogP contribution in [0.25, 0.3) is 10.2 Å². The molecule has 0 atom stereocenters. The maximum atomic E-state index is 13.1. The molecule has 5 heteroatoms. The van der Waals surface area contributed by atoms with Crippen LogP contribution in [-0.4, -0.2) is 9.97 Å². The van der Waals surface area contributed by atoms with Gasteiger partial charge in [0.25, 0.3) is 0 Å². The van der Waals surface area contributed by atoms with E-state index in [9.17, 15) is 4.39 Å². The van der Waals surface area contributed by atoms with Crippen LogP contribution < -0.4 is 5.73 Å². The molecule has 0 aliphatic heterocycles. The van der Waals surface area contributed by atoms with Crippen molar-refractivity contribution in [1.82, 2.24) is 9.97 Å². The molecule has 0 aliphatic carbocycles. The van der Waals surface area contributed by atoms with Crippen LogP contribution in [-0.2, 0) is 6.42 Å². The first-order valence-corrected chi connectivity index (χ1v) is 6.34. The van der Waals surface area contributed by atoms with Crippen molar-refractivity contribution in [3.63, 3.8) is 0 Å². The third-order valence-corrected chi connectivity index (χ3v) is 3.46. The number of halogens is 1. The van der Waals surface area contributed by atoms with Gasteiger partial charge in [0.15, 0.2) is 0 Å². The lowest BCUT2D eigenvalue weighted by atomic mass is 10.1. The van der Waals surface area contributed by atoms with Gasteiger partial charge in [0.05, 0.1) is 5.39 Å². The molecule has 0 saturated carbocycles. The Balaban J connectivity index is 1.99. The lowest BCUT2D eigenvalue weighted by Gasteiger charge is -2.03. The van der Waals surface area contributed by atoms with Crippen molar-refractivity contribution >= 4 is 27.4 Å². The Hall–Kier alpha value is -2.01. The Labute approximate surface area is 107 Å². The summed E-state index contributed by atoms with van der Waals surface area (Å²) in [7, 11) is 0. The molecule has 3 nitrogen and oxygen atoms in total. The van der Waals surface area contributed by atoms with Crippen molar-refractivity contribution in [2.75, 3.05) is 5.73 Å². The Morgan fingerprint density at radius 2 is 2.11 bits per heavy atom. The van der Waals surface area contributed by atoms with E-state index in [0.717, 1.165) is 15.8 Å². The Morgan fingerprint density at radius 1 is 1.22 bits per heavy atom. The Bertz CT molecular complexity index is 708. The summed E-state index contributed by atoms with van der Waals surface area (Å²) in [4.78, 5) is 9.54. The highest BCUT2D eigenvalue weighted by Gasteiger charge is 2.07. The minimum absolute atomic E-state index is 0.252. The fourth-order valence-corrected chi connectivity index (χ4v) is 2.62. The number of nitrogen functional groups attached to an aromatic ring is 1. The van der Waals surface area contributed by atoms with Crippen molar-refractivity contribution in [2.24, 2.45) is 0 Å². The molecule has 0 bridgehead atoms. The van der Waals surface area contributed by atoms with E-state index in [1.165, 1.54) is 23.5 Å². The highest BCUT2D eigenvalue weighted by atomic mass is 32.1. The van der Waals surface area contributed by atoms with Gasteiger partial charge in [-0.1, -0.05) is 12.1 Å². The fraction of sp³-hybridized carbons (Fsp3) is 0.0769. The quantitative estimate of drug-likeness (QED) is 0.769. The van der Waals surface area contributed by atoms with Crippen LogP contribution in [0.1, 0.15) is 11.4 Å². The van der Waals surface area contributed by atoms with Crippen LogP contribution >= 0.6 is 11.3 Å². The van der Waals surface area contributed by atoms with E-state index in [2.05, 4.69) is 9.97 Å². The first-order chi connectivity index (χ1) is 8.72. The number of aromatic nitrogens is 2. The maximum absolute atomic E-state index is 13.1. The number of nitrogens with zero attached hydrogens (tertiary/aromatic N) is 2. The van der Waals surface area contributed by atoms with E-state index in [4.69, 9.17) is 5.73 Å². The van der Waals surface area contributed by atoms with E-state index in [1.807, 2.05) is 17.5 Å². The highest BCUT2D eigenvalue weighted by molar-refractivity contribution is 7.16. The molecule has 3 rings (SSSR count). The summed E-state index contributed by atoms with van der Waals surface area (Å²) >= 11 is 1.52. The van der Waals surface area contributed by atoms with Crippen LogP contribution in [0.3, 0.4) is 0 Å². The monoisotopic (exact) mass is 259 g/mol. The molecule has 1 aromatic carbocycles. The zero-order chi connectivity index (χ0) is 12.5. The zero-order valence-corrected chi connectivity index (χ0v) is 10.2. The predicted octanol–water partition coefficient (Wildman–Crippen LogP) is 3.00. The van der Waals surface area contributed by atoms with Gasteiger partial charge in [-0.3, -0.25) is 0 Å². The van der Waals surface area contributed by atoms with Crippen molar-refractivity contribution in [1.29, 1.82) is 0 Å². The van der Waals surface area contributed by atoms with Gasteiger partial charge in [0.2, 0.25) is 0 Å². The summed E-state index contributed by atoms with van der Waals surface area (Å²) in [6.45, 7) is 0. The molecule has 90 valence electrons. The minimum Gasteiger partial charge on any atom is -0.383 e. The smallest absolute Gasteiger partial charge is 0.136 e. The van der Waals surface area contributed by atoms with Crippen LogP contribution in [0.15, 0.2) is 35.7 Å². The van der Waals surface area contributed by atoms with Crippen molar-refractivity contribution in [3.8, 4) is 0 Å². The zero-order valence-electron chi connectivity index (χ0n) is 9.43. The second-order valence-electron chi connectivity index (χ2n) is 3.97. The molecular weight excluding hydrogens is 249 g/mol. The molecule has 0 unspecified atom stereocenters. The molecular formula is C13H10FN3S. The SMILES string of the molecule is Nc1nc(Cc2cccc(F)c2)nc2sccc12. The highest BCUT2D eigenvalue weighted by Crippen LogP contribution is 2.23. The van der Waals surface area contributed by atoms with E-state index in [0.29, 0.717) is 18.1 Å². The molecule has 0 fully saturated rings. The largest absolute Gasteiger partial charge is 0.383 e. The predicted molar refractivity (Wildman–Crippen MR) is 71.0 cm³/mol. The average Bonchev–Trinajstić information content (AvgIpc) is 2.77. The van der Waals surface area contributed by atoms with Gasteiger partial charge < -0.3 is 5.73 Å². The van der Waals surface area contributed by atoms with Crippen molar-refractivity contribution in [2.45, 2.75) is 6.42 Å². The van der Waals surface area contributed by atoms with Crippen LogP contribution in [0, 0.1) is 5.82 Å². The third kappa shape index (κ3) is 2.04. The van der Waals surface area contributed by atoms with Gasteiger partial charge >= 0.3 is 0 Å². The summed E-state index contributed by atoms with van der Waals surface area (Å²) in [5, 5.41) is 2.81. The van der Waals surface area contributed by atoms with E-state index in [1.54, 1.807) is 6.07 Å². The molecule has 2 heterocycles. The summed E-state index contributed by atoms with van der Waals surface area (Å²) in [6.07, 6.45) is 0.482. The summed E-state index contributed by atoms with van der Waals surface area (Å²) in [5.41, 5.74) is 6.70. The molecule has 0 saturated heterocycles. The fourth-order valence-electron chi connectivity index (χ4n) is 1.83. The van der Waals surface area contributed by atoms with Gasteiger partial charge in [0, 0.05) is 6.42 Å². The second-order valence-corrected chi connectivity index (χ2v) is 4.87. The second kappa shape index (κ2) is 4.34. The van der Waals surface area contributed by atoms with Gasteiger partial charge in [-0.2, -0.15) is 0 Å². The number of anilines is 1. The van der Waals surface area contributed by atoms with Gasteiger partial charge in [-0.15, -0.1) is 11.3 Å². The van der Waals surface area contributed by atoms with E-state index < -0.39 is 0 Å². The average molecular weight is 259 g/mol. The lowest BCUT2D eigenvalue weighted by Crippen LogP contribution is -2.00. The number of hydrogen-bond donors (Lipinski definition) is 1. The van der Waals surface area contributed by atoms with Crippen LogP contribution in [0.4, 0.5) is 10.2 Å². The number of hydrogen-bond acceptors (Lipinski definition) is 4. The lowest BCUT2D eigenvalue weighted by molar-refractivity contribution is 0.626. The Kier molecular flexibility index (Phi) is 2.68. The molecule has 0 spiro atoms. The van der Waals surface area contributed by atoms with Crippen LogP contribution in [0.5, 0.6) is 0 Å². The van der Waals surface area contributed by atoms with Crippen LogP contribution in [0.2, 0.25) is 0 Å². The molecule has 3 aromatic rings. The molecule has 2 N–H and O–H groups in total. The van der Waals surface area contributed by atoms with Crippen molar-refractivity contribution in [3.05, 3.63) is 52.9 Å². The van der Waals surface area contributed by atoms with Gasteiger partial charge in [-0.05, 0) is 29.1 Å². The first kappa shape index (κ1) is 11.1. The molecule has 0 radical (unpaired) electrons. The van der Waals surface area contributed by atoms with Gasteiger partial charge in [-0.25, -0.2) is 14.4 Å². The number of fused-ring (bicyclic) bond motifs is 1. The maximum Gasteiger partial charge on any atom is 0.136 e. The molecule has 18 heavy (non-hydrogen) atoms. The Morgan fingerprint density at radius 3 is 2.94 bits per heavy atom. The first-order valence-electron chi connectivity index (χ1n) is 5.46. The summed E-state index contributed by atoms with van der Waals surface area (Å²) < 4.78 is 13.1. The molecule has 0 amide bonds. The van der Waals surface area contributed by atoms with E-state index >= 15 is 0 Å². The third-order valence-electron chi connectivity index (χ3n) is 2.65. The topological polar surface area (TPSA) is 51.8 Å². The standard InChI is InChI=1S/C13H10FN3S/c14-9-3-1-2-8(6-9)7-11-16-12(15)10-4-5-18-13(10)17-11/h1-6H,7H2,(H2,15,16,17).